The highest BCUT2D eigenvalue weighted by Gasteiger charge is 2.44. The number of para-hydroxylation sites is 1. The number of carbonyl (C=O) groups is 4. The third-order valence-corrected chi connectivity index (χ3v) is 5.74. The zero-order chi connectivity index (χ0) is 23.5. The van der Waals surface area contributed by atoms with Gasteiger partial charge >= 0.3 is 12.1 Å². The molecule has 3 amide bonds. The third-order valence-electron chi connectivity index (χ3n) is 4.54. The van der Waals surface area contributed by atoms with Crippen molar-refractivity contribution in [2.45, 2.75) is 35.6 Å². The molecule has 1 fully saturated rings. The van der Waals surface area contributed by atoms with Gasteiger partial charge in [0.25, 0.3) is 0 Å². The topological polar surface area (TPSA) is 104 Å². The maximum atomic E-state index is 13.3. The van der Waals surface area contributed by atoms with Crippen molar-refractivity contribution in [1.29, 1.82) is 0 Å². The van der Waals surface area contributed by atoms with E-state index in [1.54, 1.807) is 24.3 Å². The number of carboxylic acid groups (broad SMARTS) is 1. The summed E-state index contributed by atoms with van der Waals surface area (Å²) >= 11 is 1.03. The zero-order valence-corrected chi connectivity index (χ0v) is 17.2. The van der Waals surface area contributed by atoms with Gasteiger partial charge in [-0.1, -0.05) is 12.1 Å². The summed E-state index contributed by atoms with van der Waals surface area (Å²) in [4.78, 5) is 48.5. The minimum absolute atomic E-state index is 0.181. The van der Waals surface area contributed by atoms with Crippen LogP contribution in [0, 0.1) is 0 Å². The van der Waals surface area contributed by atoms with Crippen LogP contribution in [0.1, 0.15) is 24.8 Å². The Morgan fingerprint density at radius 2 is 1.72 bits per heavy atom. The number of hydrogen-bond acceptors (Lipinski definition) is 5. The summed E-state index contributed by atoms with van der Waals surface area (Å²) in [6, 6.07) is 10.7. The minimum atomic E-state index is -4.72. The fourth-order valence-corrected chi connectivity index (χ4v) is 4.14. The van der Waals surface area contributed by atoms with E-state index in [9.17, 15) is 32.3 Å². The van der Waals surface area contributed by atoms with E-state index >= 15 is 0 Å². The van der Waals surface area contributed by atoms with Gasteiger partial charge in [-0.3, -0.25) is 19.2 Å². The van der Waals surface area contributed by atoms with Gasteiger partial charge in [-0.05, 0) is 36.4 Å². The number of amides is 3. The number of nitrogens with zero attached hydrogens (tertiary/aromatic N) is 1. The van der Waals surface area contributed by atoms with Crippen LogP contribution in [0.5, 0.6) is 0 Å². The van der Waals surface area contributed by atoms with E-state index in [2.05, 4.69) is 5.32 Å². The van der Waals surface area contributed by atoms with Crippen LogP contribution in [0.3, 0.4) is 0 Å². The Labute approximate surface area is 184 Å². The fourth-order valence-electron chi connectivity index (χ4n) is 3.08. The number of imide groups is 1. The van der Waals surface area contributed by atoms with Crippen LogP contribution in [0.4, 0.5) is 24.5 Å². The van der Waals surface area contributed by atoms with Crippen LogP contribution < -0.4 is 10.2 Å². The largest absolute Gasteiger partial charge is 0.481 e. The second-order valence-electron chi connectivity index (χ2n) is 6.86. The number of halogens is 3. The van der Waals surface area contributed by atoms with E-state index in [0.29, 0.717) is 15.5 Å². The van der Waals surface area contributed by atoms with Crippen molar-refractivity contribution >= 4 is 46.8 Å². The third kappa shape index (κ3) is 5.47. The quantitative estimate of drug-likeness (QED) is 0.600. The van der Waals surface area contributed by atoms with Gasteiger partial charge in [0.05, 0.1) is 22.9 Å². The highest BCUT2D eigenvalue weighted by atomic mass is 32.2. The first-order valence-corrected chi connectivity index (χ1v) is 10.3. The normalized spacial score (nSPS) is 16.3. The van der Waals surface area contributed by atoms with Gasteiger partial charge in [-0.15, -0.1) is 11.8 Å². The predicted molar refractivity (Wildman–Crippen MR) is 110 cm³/mol. The Kier molecular flexibility index (Phi) is 6.87. The number of alkyl halides is 3. The summed E-state index contributed by atoms with van der Waals surface area (Å²) in [6.45, 7) is 0. The summed E-state index contributed by atoms with van der Waals surface area (Å²) < 4.78 is 39.9. The smallest absolute Gasteiger partial charge is 0.418 e. The van der Waals surface area contributed by atoms with Gasteiger partial charge in [0.15, 0.2) is 0 Å². The first-order chi connectivity index (χ1) is 15.1. The van der Waals surface area contributed by atoms with E-state index in [0.717, 1.165) is 23.9 Å². The summed E-state index contributed by atoms with van der Waals surface area (Å²) in [6.07, 6.45) is -5.44. The minimum Gasteiger partial charge on any atom is -0.481 e. The standard InChI is InChI=1S/C21H17F3N2O5S/c22-21(23,24)14-3-1-2-4-15(14)26-18(28)11-16(20(26)31)32-13-7-5-12(6-8-13)25-17(27)9-10-19(29)30/h1-8,16H,9-11H2,(H,25,27)(H,29,30)/t16-/m0/s1. The van der Waals surface area contributed by atoms with Crippen molar-refractivity contribution < 1.29 is 37.5 Å². The number of rotatable bonds is 7. The molecule has 1 saturated heterocycles. The maximum absolute atomic E-state index is 13.3. The Morgan fingerprint density at radius 1 is 1.06 bits per heavy atom. The lowest BCUT2D eigenvalue weighted by atomic mass is 10.1. The summed E-state index contributed by atoms with van der Waals surface area (Å²) in [5.74, 6) is -3.01. The SMILES string of the molecule is O=C(O)CCC(=O)Nc1ccc(S[C@H]2CC(=O)N(c3ccccc3C(F)(F)F)C2=O)cc1. The number of aliphatic carboxylic acids is 1. The molecule has 2 aromatic carbocycles. The van der Waals surface area contributed by atoms with Gasteiger partial charge in [0, 0.05) is 23.4 Å². The molecule has 2 aromatic rings. The van der Waals surface area contributed by atoms with Crippen molar-refractivity contribution in [3.63, 3.8) is 0 Å². The van der Waals surface area contributed by atoms with E-state index in [4.69, 9.17) is 5.11 Å². The van der Waals surface area contributed by atoms with Gasteiger partial charge in [0.1, 0.15) is 0 Å². The van der Waals surface area contributed by atoms with Crippen molar-refractivity contribution in [3.05, 3.63) is 54.1 Å². The van der Waals surface area contributed by atoms with Gasteiger partial charge in [-0.2, -0.15) is 13.2 Å². The molecule has 0 unspecified atom stereocenters. The molecule has 1 aliphatic heterocycles. The molecule has 1 heterocycles. The number of benzene rings is 2. The van der Waals surface area contributed by atoms with Gasteiger partial charge in [0.2, 0.25) is 17.7 Å². The van der Waals surface area contributed by atoms with Crippen molar-refractivity contribution in [2.24, 2.45) is 0 Å². The lowest BCUT2D eigenvalue weighted by molar-refractivity contribution is -0.138. The average Bonchev–Trinajstić information content (AvgIpc) is 3.00. The molecule has 0 bridgehead atoms. The molecule has 0 aromatic heterocycles. The van der Waals surface area contributed by atoms with Crippen LogP contribution in [-0.4, -0.2) is 34.0 Å². The van der Waals surface area contributed by atoms with Crippen LogP contribution >= 0.6 is 11.8 Å². The molecule has 3 rings (SSSR count). The second-order valence-corrected chi connectivity index (χ2v) is 8.14. The molecule has 11 heteroatoms. The van der Waals surface area contributed by atoms with E-state index in [1.807, 2.05) is 0 Å². The molecule has 0 radical (unpaired) electrons. The Hall–Kier alpha value is -3.34. The van der Waals surface area contributed by atoms with Crippen LogP contribution in [0.15, 0.2) is 53.4 Å². The zero-order valence-electron chi connectivity index (χ0n) is 16.4. The van der Waals surface area contributed by atoms with Gasteiger partial charge in [-0.25, -0.2) is 4.90 Å². The number of hydrogen-bond donors (Lipinski definition) is 2. The molecular weight excluding hydrogens is 449 g/mol. The maximum Gasteiger partial charge on any atom is 0.418 e. The summed E-state index contributed by atoms with van der Waals surface area (Å²) in [5.41, 5.74) is -1.13. The highest BCUT2D eigenvalue weighted by molar-refractivity contribution is 8.00. The molecule has 32 heavy (non-hydrogen) atoms. The summed E-state index contributed by atoms with van der Waals surface area (Å²) in [7, 11) is 0. The molecular formula is C21H17F3N2O5S. The summed E-state index contributed by atoms with van der Waals surface area (Å²) in [5, 5.41) is 10.2. The predicted octanol–water partition coefficient (Wildman–Crippen LogP) is 3.93. The van der Waals surface area contributed by atoms with Crippen LogP contribution in [0.25, 0.3) is 0 Å². The van der Waals surface area contributed by atoms with Crippen molar-refractivity contribution in [1.82, 2.24) is 0 Å². The molecule has 7 nitrogen and oxygen atoms in total. The lowest BCUT2D eigenvalue weighted by Crippen LogP contribution is -2.33. The number of carbonyl (C=O) groups excluding carboxylic acids is 3. The van der Waals surface area contributed by atoms with Gasteiger partial charge < -0.3 is 10.4 Å². The van der Waals surface area contributed by atoms with Crippen molar-refractivity contribution in [2.75, 3.05) is 10.2 Å². The Balaban J connectivity index is 1.69. The molecule has 0 spiro atoms. The highest BCUT2D eigenvalue weighted by Crippen LogP contribution is 2.40. The molecule has 1 aliphatic rings. The first-order valence-electron chi connectivity index (χ1n) is 9.37. The number of carboxylic acids is 1. The van der Waals surface area contributed by atoms with Crippen LogP contribution in [-0.2, 0) is 25.4 Å². The molecule has 1 atom stereocenters. The molecule has 2 N–H and O–H groups in total. The molecule has 168 valence electrons. The number of nitrogens with one attached hydrogen (secondary N) is 1. The number of anilines is 2. The number of thioether (sulfide) groups is 1. The molecule has 0 saturated carbocycles. The average molecular weight is 466 g/mol. The first kappa shape index (κ1) is 23.3. The van der Waals surface area contributed by atoms with Crippen LogP contribution in [0.2, 0.25) is 0 Å². The van der Waals surface area contributed by atoms with E-state index in [-0.39, 0.29) is 19.3 Å². The molecule has 0 aliphatic carbocycles. The monoisotopic (exact) mass is 466 g/mol. The van der Waals surface area contributed by atoms with E-state index in [1.165, 1.54) is 12.1 Å². The Bertz CT molecular complexity index is 1060. The fraction of sp³-hybridized carbons (Fsp3) is 0.238. The Morgan fingerprint density at radius 3 is 2.34 bits per heavy atom. The van der Waals surface area contributed by atoms with E-state index < -0.39 is 46.4 Å². The second kappa shape index (κ2) is 9.43. The lowest BCUT2D eigenvalue weighted by Gasteiger charge is -2.20. The van der Waals surface area contributed by atoms with Crippen molar-refractivity contribution in [3.8, 4) is 0 Å².